The predicted octanol–water partition coefficient (Wildman–Crippen LogP) is 8.09. The van der Waals surface area contributed by atoms with Crippen molar-refractivity contribution in [1.29, 1.82) is 0 Å². The summed E-state index contributed by atoms with van der Waals surface area (Å²) in [6.07, 6.45) is 0. The molecule has 0 unspecified atom stereocenters. The van der Waals surface area contributed by atoms with Crippen molar-refractivity contribution >= 4 is 176 Å². The Labute approximate surface area is 722 Å². The van der Waals surface area contributed by atoms with Crippen LogP contribution in [0.2, 0.25) is 0 Å². The minimum atomic E-state index is -6.11. The monoisotopic (exact) mass is 1930 g/mol. The molecule has 9 aromatic carbocycles. The Hall–Kier alpha value is -12.1. The van der Waals surface area contributed by atoms with Gasteiger partial charge in [0.25, 0.3) is 10.1 Å². The molecule has 7 N–H and O–H groups in total. The van der Waals surface area contributed by atoms with Gasteiger partial charge in [-0.25, -0.2) is 110 Å². The van der Waals surface area contributed by atoms with Crippen LogP contribution in [0, 0.1) is 0 Å². The first-order chi connectivity index (χ1) is 56.7. The SMILES string of the molecule is CNc1ccc(NC(C)=O)cc1S(=O)(=O)O.O=S(=O)([O-])c1cc2c3nc4nc(nc5[nH]c(nc6nc(nc([nH]3)c2c(S(=O)(=O)[O-])c1S(=O)(=O)[O-])-c1ccccc1-6)c1ccccc51)-c1ccccc1-4.O=S(=O)([O-])c1cc2c3nc4nc(nc5[nH]c(nc6nc(nc([nH]3)c2c(S(=O)(=O)[O-])c1S(=O)(=O)[O-])-c1ccccc1-6)c1ccccc51)-c1ccccc1-4.[Cu+2].[Cu+2].[Cu+2]. The second kappa shape index (κ2) is 31.7. The van der Waals surface area contributed by atoms with Crippen LogP contribution in [0.15, 0.2) is 210 Å². The van der Waals surface area contributed by atoms with Crippen molar-refractivity contribution in [2.24, 2.45) is 0 Å². The van der Waals surface area contributed by atoms with Gasteiger partial charge in [-0.05, 0) is 30.3 Å². The first-order valence-corrected chi connectivity index (χ1v) is 44.0. The first-order valence-electron chi connectivity index (χ1n) is 34.1. The largest absolute Gasteiger partial charge is 2.00 e. The number of H-pyrrole nitrogens is 4. The van der Waals surface area contributed by atoms with E-state index >= 15 is 0 Å². The van der Waals surface area contributed by atoms with Crippen molar-refractivity contribution in [2.45, 2.75) is 41.2 Å². The molecule has 16 bridgehead atoms. The van der Waals surface area contributed by atoms with Gasteiger partial charge in [-0.1, -0.05) is 146 Å². The van der Waals surface area contributed by atoms with E-state index in [2.05, 4.69) is 70.4 Å². The van der Waals surface area contributed by atoms with Crippen molar-refractivity contribution in [3.05, 3.63) is 176 Å². The number of hydrogen-bond donors (Lipinski definition) is 7. The molecule has 10 heterocycles. The molecule has 1 amide bonds. The number of carbonyl (C=O) groups is 1. The number of amides is 1. The summed E-state index contributed by atoms with van der Waals surface area (Å²) in [5.41, 5.74) is 3.80. The Morgan fingerprint density at radius 2 is 0.537 bits per heavy atom. The molecule has 4 aliphatic rings. The van der Waals surface area contributed by atoms with Crippen LogP contribution in [0.4, 0.5) is 11.4 Å². The molecular formula is C73H42Cu3N18O22S7. The van der Waals surface area contributed by atoms with E-state index in [1.807, 2.05) is 48.5 Å². The van der Waals surface area contributed by atoms with Crippen molar-refractivity contribution < 1.29 is 147 Å². The van der Waals surface area contributed by atoms with Crippen molar-refractivity contribution in [2.75, 3.05) is 17.7 Å². The Morgan fingerprint density at radius 3 is 0.764 bits per heavy atom. The molecular weight excluding hydrogens is 1900 g/mol. The van der Waals surface area contributed by atoms with E-state index in [4.69, 9.17) is 24.5 Å². The van der Waals surface area contributed by atoms with E-state index in [0.29, 0.717) is 106 Å². The van der Waals surface area contributed by atoms with E-state index in [1.165, 1.54) is 32.2 Å². The minimum absolute atomic E-state index is 0. The number of benzene rings is 9. The third-order valence-corrected chi connectivity index (χ3v) is 25.6. The van der Waals surface area contributed by atoms with E-state index in [9.17, 15) is 91.0 Å². The molecule has 40 nitrogen and oxygen atoms in total. The van der Waals surface area contributed by atoms with Crippen LogP contribution in [0.25, 0.3) is 179 Å². The predicted molar refractivity (Wildman–Crippen MR) is 420 cm³/mol. The Balaban J connectivity index is 0.000000167. The number of fused-ring (bicyclic) bond motifs is 40. The van der Waals surface area contributed by atoms with Gasteiger partial charge in [0.05, 0.1) is 35.1 Å². The number of aromatic amines is 4. The van der Waals surface area contributed by atoms with Crippen LogP contribution in [-0.4, -0.2) is 183 Å². The third-order valence-electron chi connectivity index (χ3n) is 18.8. The number of rotatable bonds is 9. The van der Waals surface area contributed by atoms with Gasteiger partial charge < -0.3 is 57.9 Å². The molecule has 19 rings (SSSR count). The second-order valence-corrected chi connectivity index (χ2v) is 35.6. The molecule has 0 atom stereocenters. The number of carbonyl (C=O) groups excluding carboxylic acids is 1. The molecule has 631 valence electrons. The number of hydrogen-bond acceptors (Lipinski definition) is 34. The van der Waals surface area contributed by atoms with Crippen molar-refractivity contribution in [3.63, 3.8) is 0 Å². The third kappa shape index (κ3) is 16.0. The zero-order valence-electron chi connectivity index (χ0n) is 60.9. The number of aromatic nitrogens is 16. The molecule has 123 heavy (non-hydrogen) atoms. The molecule has 0 aliphatic carbocycles. The van der Waals surface area contributed by atoms with Gasteiger partial charge >= 0.3 is 51.2 Å². The molecule has 0 spiro atoms. The number of nitrogens with zero attached hydrogens (tertiary/aromatic N) is 12. The van der Waals surface area contributed by atoms with Crippen molar-refractivity contribution in [1.82, 2.24) is 79.7 Å². The molecule has 0 saturated carbocycles. The van der Waals surface area contributed by atoms with Gasteiger partial charge in [0.2, 0.25) is 5.91 Å². The minimum Gasteiger partial charge on any atom is -0.744 e. The molecule has 3 radical (unpaired) electrons. The summed E-state index contributed by atoms with van der Waals surface area (Å²) in [4.78, 5) is 66.8. The van der Waals surface area contributed by atoms with Crippen LogP contribution in [0.3, 0.4) is 0 Å². The van der Waals surface area contributed by atoms with Gasteiger partial charge in [-0.2, -0.15) is 8.42 Å². The van der Waals surface area contributed by atoms with E-state index in [1.54, 1.807) is 97.1 Å². The van der Waals surface area contributed by atoms with Gasteiger partial charge in [0.1, 0.15) is 111 Å². The molecule has 50 heteroatoms. The Bertz CT molecular complexity index is 8000. The number of anilines is 2. The zero-order chi connectivity index (χ0) is 85.0. The van der Waals surface area contributed by atoms with Crippen LogP contribution in [-0.2, 0) is 127 Å². The maximum absolute atomic E-state index is 12.9. The molecule has 4 aliphatic heterocycles. The van der Waals surface area contributed by atoms with Gasteiger partial charge in [-0.3, -0.25) is 9.35 Å². The standard InChI is InChI=1S/2C32H18N8O9S3.C9H12N2O4S.3Cu/c2*41-50(42,43)21-13-20-22(24(52(47,48)49)23(21)51(44,45)46)32-39-30-19-12-6-5-11-18(19)28(37-30)35-26-15-8-2-1-7-14(15)25(33-26)34-27-16-9-3-4-10-17(16)29(36-27)38-31(20)40-32;1-6(12)11-7-3-4-8(10-2)9(5-7)16(13,14)15;;;/h2*1-13H,(H,41,42,43)(H,44,45,46)(H,47,48,49)(H2,33,34,35,36,37,38,39,40);3-5,10H,1-2H3,(H,11,12)(H,13,14,15);;;/q;;;3*+2/p-6. The summed E-state index contributed by atoms with van der Waals surface area (Å²) in [5, 5.41) is 5.10. The van der Waals surface area contributed by atoms with Crippen LogP contribution in [0.5, 0.6) is 0 Å². The normalized spacial score (nSPS) is 12.4. The smallest absolute Gasteiger partial charge is 0.744 e. The average Bonchev–Trinajstić information content (AvgIpc) is 1.61. The molecule has 15 aromatic rings. The summed E-state index contributed by atoms with van der Waals surface area (Å²) < 4.78 is 258. The maximum atomic E-state index is 12.9. The maximum Gasteiger partial charge on any atom is 2.00 e. The molecule has 6 aromatic heterocycles. The fourth-order valence-corrected chi connectivity index (χ4v) is 21.3. The van der Waals surface area contributed by atoms with E-state index in [-0.39, 0.29) is 114 Å². The van der Waals surface area contributed by atoms with Crippen LogP contribution >= 0.6 is 0 Å². The summed E-state index contributed by atoms with van der Waals surface area (Å²) in [6.45, 7) is 1.30. The molecule has 0 saturated heterocycles. The summed E-state index contributed by atoms with van der Waals surface area (Å²) in [7, 11) is -38.9. The fourth-order valence-electron chi connectivity index (χ4n) is 14.0. The summed E-state index contributed by atoms with van der Waals surface area (Å²) in [5.74, 6) is 0.0895. The number of nitrogens with one attached hydrogen (secondary N) is 6. The average molecular weight is 1940 g/mol. The Morgan fingerprint density at radius 1 is 0.301 bits per heavy atom. The first kappa shape index (κ1) is 87.3. The van der Waals surface area contributed by atoms with Gasteiger partial charge in [0, 0.05) is 107 Å². The second-order valence-electron chi connectivity index (χ2n) is 26.2. The van der Waals surface area contributed by atoms with E-state index < -0.39 is 144 Å². The van der Waals surface area contributed by atoms with Crippen LogP contribution in [0.1, 0.15) is 6.92 Å². The van der Waals surface area contributed by atoms with Gasteiger partial charge in [0.15, 0.2) is 46.6 Å². The zero-order valence-corrected chi connectivity index (χ0v) is 69.4. The van der Waals surface area contributed by atoms with Crippen LogP contribution < -0.4 is 10.6 Å². The summed E-state index contributed by atoms with van der Waals surface area (Å²) >= 11 is 0. The quantitative estimate of drug-likeness (QED) is 0.0530. The van der Waals surface area contributed by atoms with Crippen molar-refractivity contribution in [3.8, 4) is 91.1 Å². The summed E-state index contributed by atoms with van der Waals surface area (Å²) in [6, 6.07) is 46.7. The molecule has 0 fully saturated rings. The van der Waals surface area contributed by atoms with Gasteiger partial charge in [-0.15, -0.1) is 0 Å². The fraction of sp³-hybridized carbons (Fsp3) is 0.0274. The topological polar surface area (TPSA) is 657 Å². The van der Waals surface area contributed by atoms with E-state index in [0.717, 1.165) is 0 Å². The Kier molecular flexibility index (Phi) is 22.5.